The van der Waals surface area contributed by atoms with Crippen LogP contribution in [-0.4, -0.2) is 64.7 Å². The van der Waals surface area contributed by atoms with Gasteiger partial charge in [-0.05, 0) is 42.3 Å². The average Bonchev–Trinajstić information content (AvgIpc) is 3.33. The molecule has 32 heavy (non-hydrogen) atoms. The number of hydrogen-bond donors (Lipinski definition) is 0. The van der Waals surface area contributed by atoms with Gasteiger partial charge in [-0.25, -0.2) is 9.07 Å². The van der Waals surface area contributed by atoms with Crippen LogP contribution in [0.5, 0.6) is 5.75 Å². The molecule has 2 aromatic carbocycles. The van der Waals surface area contributed by atoms with E-state index >= 15 is 0 Å². The summed E-state index contributed by atoms with van der Waals surface area (Å²) in [6.07, 6.45) is 2.66. The maximum absolute atomic E-state index is 14.0. The van der Waals surface area contributed by atoms with Crippen LogP contribution in [0.2, 0.25) is 0 Å². The van der Waals surface area contributed by atoms with Crippen molar-refractivity contribution in [1.29, 1.82) is 0 Å². The van der Waals surface area contributed by atoms with Crippen molar-refractivity contribution in [2.75, 3.05) is 33.3 Å². The van der Waals surface area contributed by atoms with E-state index in [1.807, 2.05) is 24.3 Å². The number of benzene rings is 2. The first-order valence-electron chi connectivity index (χ1n) is 10.6. The standard InChI is InChI=1S/C24H25FN4O3/c1-32-19-9-6-18(7-10-19)8-11-23(30)27-14-16-28(17-15-27)24(31)21-12-13-29(26-21)22-5-3-2-4-20(22)25/h2-7,9-10,12-13H,8,11,14-17H2,1H3. The Hall–Kier alpha value is -3.68. The highest BCUT2D eigenvalue weighted by Gasteiger charge is 2.26. The van der Waals surface area contributed by atoms with Gasteiger partial charge in [-0.2, -0.15) is 5.10 Å². The summed E-state index contributed by atoms with van der Waals surface area (Å²) in [7, 11) is 1.62. The molecule has 0 spiro atoms. The molecule has 1 fully saturated rings. The third-order valence-electron chi connectivity index (χ3n) is 5.61. The Balaban J connectivity index is 1.29. The van der Waals surface area contributed by atoms with E-state index in [9.17, 15) is 14.0 Å². The molecule has 1 aliphatic heterocycles. The monoisotopic (exact) mass is 436 g/mol. The van der Waals surface area contributed by atoms with Crippen LogP contribution in [0.3, 0.4) is 0 Å². The molecule has 2 amide bonds. The Labute approximate surface area is 186 Å². The van der Waals surface area contributed by atoms with E-state index in [-0.39, 0.29) is 17.5 Å². The normalized spacial score (nSPS) is 13.8. The van der Waals surface area contributed by atoms with Crippen LogP contribution in [0.4, 0.5) is 4.39 Å². The van der Waals surface area contributed by atoms with Crippen molar-refractivity contribution in [2.24, 2.45) is 0 Å². The van der Waals surface area contributed by atoms with Crippen molar-refractivity contribution in [2.45, 2.75) is 12.8 Å². The van der Waals surface area contributed by atoms with Crippen LogP contribution in [0.25, 0.3) is 5.69 Å². The summed E-state index contributed by atoms with van der Waals surface area (Å²) < 4.78 is 20.5. The van der Waals surface area contributed by atoms with Gasteiger partial charge in [0.1, 0.15) is 17.3 Å². The van der Waals surface area contributed by atoms with E-state index in [2.05, 4.69) is 5.10 Å². The van der Waals surface area contributed by atoms with E-state index in [1.165, 1.54) is 10.7 Å². The molecule has 166 valence electrons. The van der Waals surface area contributed by atoms with E-state index in [4.69, 9.17) is 4.74 Å². The van der Waals surface area contributed by atoms with E-state index in [1.54, 1.807) is 47.4 Å². The van der Waals surface area contributed by atoms with Crippen molar-refractivity contribution in [3.8, 4) is 11.4 Å². The maximum Gasteiger partial charge on any atom is 0.274 e. The van der Waals surface area contributed by atoms with Crippen molar-refractivity contribution < 1.29 is 18.7 Å². The van der Waals surface area contributed by atoms with Gasteiger partial charge in [-0.15, -0.1) is 0 Å². The fourth-order valence-corrected chi connectivity index (χ4v) is 3.73. The number of para-hydroxylation sites is 1. The van der Waals surface area contributed by atoms with Gasteiger partial charge in [0, 0.05) is 38.8 Å². The van der Waals surface area contributed by atoms with Crippen molar-refractivity contribution in [3.05, 3.63) is 77.9 Å². The third-order valence-corrected chi connectivity index (χ3v) is 5.61. The molecule has 1 aromatic heterocycles. The molecular weight excluding hydrogens is 411 g/mol. The van der Waals surface area contributed by atoms with Gasteiger partial charge in [0.25, 0.3) is 5.91 Å². The van der Waals surface area contributed by atoms with Gasteiger partial charge >= 0.3 is 0 Å². The number of amides is 2. The zero-order valence-corrected chi connectivity index (χ0v) is 17.9. The Morgan fingerprint density at radius 1 is 0.969 bits per heavy atom. The minimum atomic E-state index is -0.406. The van der Waals surface area contributed by atoms with E-state index in [0.29, 0.717) is 44.7 Å². The highest BCUT2D eigenvalue weighted by Crippen LogP contribution is 2.16. The predicted octanol–water partition coefficient (Wildman–Crippen LogP) is 2.94. The van der Waals surface area contributed by atoms with Crippen LogP contribution in [0, 0.1) is 5.82 Å². The molecule has 0 N–H and O–H groups in total. The molecule has 3 aromatic rings. The first-order valence-corrected chi connectivity index (χ1v) is 10.6. The molecule has 1 saturated heterocycles. The van der Waals surface area contributed by atoms with Crippen molar-refractivity contribution in [3.63, 3.8) is 0 Å². The van der Waals surface area contributed by atoms with Gasteiger partial charge in [0.2, 0.25) is 5.91 Å². The van der Waals surface area contributed by atoms with Gasteiger partial charge in [-0.1, -0.05) is 24.3 Å². The predicted molar refractivity (Wildman–Crippen MR) is 117 cm³/mol. The summed E-state index contributed by atoms with van der Waals surface area (Å²) in [5.41, 5.74) is 1.63. The molecule has 7 nitrogen and oxygen atoms in total. The van der Waals surface area contributed by atoms with Crippen LogP contribution in [0.1, 0.15) is 22.5 Å². The molecule has 0 bridgehead atoms. The molecule has 8 heteroatoms. The quantitative estimate of drug-likeness (QED) is 0.596. The molecule has 0 atom stereocenters. The lowest BCUT2D eigenvalue weighted by atomic mass is 10.1. The number of carbonyl (C=O) groups is 2. The largest absolute Gasteiger partial charge is 0.497 e. The number of hydrogen-bond acceptors (Lipinski definition) is 4. The number of aromatic nitrogens is 2. The maximum atomic E-state index is 14.0. The van der Waals surface area contributed by atoms with Gasteiger partial charge in [0.15, 0.2) is 5.69 Å². The second-order valence-corrected chi connectivity index (χ2v) is 7.62. The number of nitrogens with zero attached hydrogens (tertiary/aromatic N) is 4. The van der Waals surface area contributed by atoms with E-state index in [0.717, 1.165) is 11.3 Å². The topological polar surface area (TPSA) is 67.7 Å². The summed E-state index contributed by atoms with van der Waals surface area (Å²) in [5.74, 6) is 0.248. The zero-order chi connectivity index (χ0) is 22.5. The molecule has 4 rings (SSSR count). The lowest BCUT2D eigenvalue weighted by Gasteiger charge is -2.34. The minimum absolute atomic E-state index is 0.0803. The van der Waals surface area contributed by atoms with Crippen molar-refractivity contribution in [1.82, 2.24) is 19.6 Å². The molecular formula is C24H25FN4O3. The van der Waals surface area contributed by atoms with Crippen LogP contribution in [0.15, 0.2) is 60.8 Å². The SMILES string of the molecule is COc1ccc(CCC(=O)N2CCN(C(=O)c3ccn(-c4ccccc4F)n3)CC2)cc1. The zero-order valence-electron chi connectivity index (χ0n) is 17.9. The summed E-state index contributed by atoms with van der Waals surface area (Å²) >= 11 is 0. The molecule has 0 saturated carbocycles. The number of ether oxygens (including phenoxy) is 1. The van der Waals surface area contributed by atoms with Gasteiger partial charge in [-0.3, -0.25) is 9.59 Å². The number of carbonyl (C=O) groups excluding carboxylic acids is 2. The van der Waals surface area contributed by atoms with Gasteiger partial charge in [0.05, 0.1) is 7.11 Å². The molecule has 2 heterocycles. The Morgan fingerprint density at radius 2 is 1.66 bits per heavy atom. The Morgan fingerprint density at radius 3 is 2.34 bits per heavy atom. The lowest BCUT2D eigenvalue weighted by Crippen LogP contribution is -2.50. The van der Waals surface area contributed by atoms with Crippen LogP contribution in [-0.2, 0) is 11.2 Å². The highest BCUT2D eigenvalue weighted by molar-refractivity contribution is 5.92. The number of halogens is 1. The summed E-state index contributed by atoms with van der Waals surface area (Å²) in [6, 6.07) is 15.6. The van der Waals surface area contributed by atoms with Crippen LogP contribution < -0.4 is 4.74 Å². The first-order chi connectivity index (χ1) is 15.5. The number of aryl methyl sites for hydroxylation is 1. The number of methoxy groups -OCH3 is 1. The smallest absolute Gasteiger partial charge is 0.274 e. The average molecular weight is 436 g/mol. The molecule has 1 aliphatic rings. The fourth-order valence-electron chi connectivity index (χ4n) is 3.73. The number of rotatable bonds is 6. The second kappa shape index (κ2) is 9.64. The van der Waals surface area contributed by atoms with Crippen LogP contribution >= 0.6 is 0 Å². The second-order valence-electron chi connectivity index (χ2n) is 7.62. The Kier molecular flexibility index (Phi) is 6.49. The summed E-state index contributed by atoms with van der Waals surface area (Å²) in [4.78, 5) is 28.9. The lowest BCUT2D eigenvalue weighted by molar-refractivity contribution is -0.132. The summed E-state index contributed by atoms with van der Waals surface area (Å²) in [5, 5.41) is 4.24. The van der Waals surface area contributed by atoms with E-state index < -0.39 is 5.82 Å². The van der Waals surface area contributed by atoms with Crippen molar-refractivity contribution >= 4 is 11.8 Å². The fraction of sp³-hybridized carbons (Fsp3) is 0.292. The third kappa shape index (κ3) is 4.80. The first kappa shape index (κ1) is 21.5. The highest BCUT2D eigenvalue weighted by atomic mass is 19.1. The molecule has 0 aliphatic carbocycles. The minimum Gasteiger partial charge on any atom is -0.497 e. The number of piperazine rings is 1. The summed E-state index contributed by atoms with van der Waals surface area (Å²) in [6.45, 7) is 1.86. The van der Waals surface area contributed by atoms with Gasteiger partial charge < -0.3 is 14.5 Å². The molecule has 0 radical (unpaired) electrons. The molecule has 0 unspecified atom stereocenters. The Bertz CT molecular complexity index is 1090.